The number of thioether (sulfide) groups is 1. The maximum atomic E-state index is 12.3. The topological polar surface area (TPSA) is 40.5 Å². The highest BCUT2D eigenvalue weighted by Crippen LogP contribution is 2.22. The number of nitrogens with zero attached hydrogens (tertiary/aromatic N) is 1. The third kappa shape index (κ3) is 4.83. The van der Waals surface area contributed by atoms with Gasteiger partial charge in [0, 0.05) is 18.0 Å². The zero-order valence-electron chi connectivity index (χ0n) is 12.0. The molecular formula is C17H19NO2S. The van der Waals surface area contributed by atoms with Crippen LogP contribution in [0.2, 0.25) is 0 Å². The standard InChI is InChI=1S/C17H19NO2S/c1-2-18(12-14-7-4-3-5-8-14)17(20)13-21-16-10-6-9-15(19)11-16/h3-11,19H,2,12-13H2,1H3. The van der Waals surface area contributed by atoms with E-state index in [0.29, 0.717) is 18.8 Å². The van der Waals surface area contributed by atoms with Gasteiger partial charge in [0.05, 0.1) is 5.75 Å². The summed E-state index contributed by atoms with van der Waals surface area (Å²) < 4.78 is 0. The second-order valence-corrected chi connectivity index (χ2v) is 5.73. The van der Waals surface area contributed by atoms with E-state index >= 15 is 0 Å². The van der Waals surface area contributed by atoms with Crippen LogP contribution in [0.5, 0.6) is 5.75 Å². The van der Waals surface area contributed by atoms with Crippen LogP contribution in [-0.4, -0.2) is 28.2 Å². The lowest BCUT2D eigenvalue weighted by molar-refractivity contribution is -0.128. The number of rotatable bonds is 6. The van der Waals surface area contributed by atoms with E-state index < -0.39 is 0 Å². The average Bonchev–Trinajstić information content (AvgIpc) is 2.51. The van der Waals surface area contributed by atoms with Crippen LogP contribution in [0.15, 0.2) is 59.5 Å². The van der Waals surface area contributed by atoms with Gasteiger partial charge in [0.2, 0.25) is 5.91 Å². The number of aromatic hydroxyl groups is 1. The van der Waals surface area contributed by atoms with Crippen LogP contribution < -0.4 is 0 Å². The molecule has 3 nitrogen and oxygen atoms in total. The molecule has 1 N–H and O–H groups in total. The summed E-state index contributed by atoms with van der Waals surface area (Å²) in [6.45, 7) is 3.31. The van der Waals surface area contributed by atoms with Gasteiger partial charge in [-0.1, -0.05) is 36.4 Å². The van der Waals surface area contributed by atoms with Crippen molar-refractivity contribution in [3.63, 3.8) is 0 Å². The van der Waals surface area contributed by atoms with Crippen molar-refractivity contribution < 1.29 is 9.90 Å². The third-order valence-electron chi connectivity index (χ3n) is 3.13. The van der Waals surface area contributed by atoms with Crippen LogP contribution in [0.25, 0.3) is 0 Å². The number of hydrogen-bond acceptors (Lipinski definition) is 3. The number of amides is 1. The van der Waals surface area contributed by atoms with Crippen LogP contribution in [-0.2, 0) is 11.3 Å². The maximum absolute atomic E-state index is 12.3. The molecule has 0 unspecified atom stereocenters. The monoisotopic (exact) mass is 301 g/mol. The Bertz CT molecular complexity index is 586. The van der Waals surface area contributed by atoms with Gasteiger partial charge in [0.15, 0.2) is 0 Å². The summed E-state index contributed by atoms with van der Waals surface area (Å²) in [6, 6.07) is 17.0. The fourth-order valence-electron chi connectivity index (χ4n) is 1.99. The van der Waals surface area contributed by atoms with E-state index in [1.54, 1.807) is 18.2 Å². The van der Waals surface area contributed by atoms with Crippen LogP contribution >= 0.6 is 11.8 Å². The molecule has 4 heteroatoms. The number of benzene rings is 2. The smallest absolute Gasteiger partial charge is 0.233 e. The molecule has 0 radical (unpaired) electrons. The SMILES string of the molecule is CCN(Cc1ccccc1)C(=O)CSc1cccc(O)c1. The van der Waals surface area contributed by atoms with E-state index in [1.165, 1.54) is 11.8 Å². The van der Waals surface area contributed by atoms with Gasteiger partial charge in [-0.3, -0.25) is 4.79 Å². The predicted octanol–water partition coefficient (Wildman–Crippen LogP) is 3.53. The summed E-state index contributed by atoms with van der Waals surface area (Å²) >= 11 is 1.45. The van der Waals surface area contributed by atoms with E-state index in [2.05, 4.69) is 0 Å². The Labute approximate surface area is 129 Å². The molecular weight excluding hydrogens is 282 g/mol. The molecule has 0 aliphatic heterocycles. The molecule has 21 heavy (non-hydrogen) atoms. The summed E-state index contributed by atoms with van der Waals surface area (Å²) in [5.74, 6) is 0.711. The van der Waals surface area contributed by atoms with Gasteiger partial charge < -0.3 is 10.0 Å². The second-order valence-electron chi connectivity index (χ2n) is 4.68. The van der Waals surface area contributed by atoms with Gasteiger partial charge in [0.1, 0.15) is 5.75 Å². The van der Waals surface area contributed by atoms with Crippen molar-refractivity contribution in [3.8, 4) is 5.75 Å². The average molecular weight is 301 g/mol. The van der Waals surface area contributed by atoms with E-state index in [9.17, 15) is 9.90 Å². The molecule has 0 aromatic heterocycles. The van der Waals surface area contributed by atoms with Crippen molar-refractivity contribution in [2.24, 2.45) is 0 Å². The third-order valence-corrected chi connectivity index (χ3v) is 4.11. The zero-order valence-corrected chi connectivity index (χ0v) is 12.8. The predicted molar refractivity (Wildman–Crippen MR) is 86.4 cm³/mol. The number of phenols is 1. The van der Waals surface area contributed by atoms with E-state index in [-0.39, 0.29) is 11.7 Å². The Hall–Kier alpha value is -1.94. The second kappa shape index (κ2) is 7.74. The minimum Gasteiger partial charge on any atom is -0.508 e. The summed E-state index contributed by atoms with van der Waals surface area (Å²) in [5, 5.41) is 9.42. The molecule has 110 valence electrons. The first-order valence-corrected chi connectivity index (χ1v) is 7.91. The summed E-state index contributed by atoms with van der Waals surface area (Å²) in [4.78, 5) is 15.0. The fourth-order valence-corrected chi connectivity index (χ4v) is 2.84. The molecule has 1 amide bonds. The number of phenolic OH excluding ortho intramolecular Hbond substituents is 1. The molecule has 0 fully saturated rings. The molecule has 0 spiro atoms. The minimum absolute atomic E-state index is 0.106. The molecule has 0 saturated carbocycles. The fraction of sp³-hybridized carbons (Fsp3) is 0.235. The van der Waals surface area contributed by atoms with Crippen molar-refractivity contribution in [1.82, 2.24) is 4.90 Å². The normalized spacial score (nSPS) is 10.3. The lowest BCUT2D eigenvalue weighted by Crippen LogP contribution is -2.31. The Morgan fingerprint density at radius 2 is 1.90 bits per heavy atom. The summed E-state index contributed by atoms with van der Waals surface area (Å²) in [6.07, 6.45) is 0. The Kier molecular flexibility index (Phi) is 5.69. The van der Waals surface area contributed by atoms with Gasteiger partial charge in [0.25, 0.3) is 0 Å². The highest BCUT2D eigenvalue weighted by atomic mass is 32.2. The van der Waals surface area contributed by atoms with Crippen LogP contribution in [0.1, 0.15) is 12.5 Å². The van der Waals surface area contributed by atoms with E-state index in [4.69, 9.17) is 0 Å². The van der Waals surface area contributed by atoms with Crippen molar-refractivity contribution in [2.75, 3.05) is 12.3 Å². The zero-order chi connectivity index (χ0) is 15.1. The number of hydrogen-bond donors (Lipinski definition) is 1. The highest BCUT2D eigenvalue weighted by Gasteiger charge is 2.12. The molecule has 0 saturated heterocycles. The first kappa shape index (κ1) is 15.4. The maximum Gasteiger partial charge on any atom is 0.233 e. The molecule has 0 aliphatic carbocycles. The van der Waals surface area contributed by atoms with E-state index in [0.717, 1.165) is 10.5 Å². The van der Waals surface area contributed by atoms with Gasteiger partial charge in [-0.25, -0.2) is 0 Å². The van der Waals surface area contributed by atoms with Crippen molar-refractivity contribution in [2.45, 2.75) is 18.4 Å². The van der Waals surface area contributed by atoms with Gasteiger partial charge in [-0.05, 0) is 30.7 Å². The first-order chi connectivity index (χ1) is 10.2. The Morgan fingerprint density at radius 3 is 2.57 bits per heavy atom. The molecule has 2 rings (SSSR count). The Morgan fingerprint density at radius 1 is 1.14 bits per heavy atom. The summed E-state index contributed by atoms with van der Waals surface area (Å²) in [5.41, 5.74) is 1.13. The largest absolute Gasteiger partial charge is 0.508 e. The Balaban J connectivity index is 1.91. The van der Waals surface area contributed by atoms with Crippen LogP contribution in [0, 0.1) is 0 Å². The van der Waals surface area contributed by atoms with Crippen LogP contribution in [0.3, 0.4) is 0 Å². The number of carbonyl (C=O) groups is 1. The highest BCUT2D eigenvalue weighted by molar-refractivity contribution is 8.00. The summed E-state index contributed by atoms with van der Waals surface area (Å²) in [7, 11) is 0. The van der Waals surface area contributed by atoms with Gasteiger partial charge in [-0.15, -0.1) is 11.8 Å². The quantitative estimate of drug-likeness (QED) is 0.830. The molecule has 0 aliphatic rings. The molecule has 0 heterocycles. The number of carbonyl (C=O) groups excluding carboxylic acids is 1. The molecule has 2 aromatic rings. The van der Waals surface area contributed by atoms with E-state index in [1.807, 2.05) is 48.2 Å². The minimum atomic E-state index is 0.106. The van der Waals surface area contributed by atoms with Crippen molar-refractivity contribution in [3.05, 3.63) is 60.2 Å². The van der Waals surface area contributed by atoms with Gasteiger partial charge >= 0.3 is 0 Å². The lowest BCUT2D eigenvalue weighted by atomic mass is 10.2. The van der Waals surface area contributed by atoms with Crippen molar-refractivity contribution >= 4 is 17.7 Å². The molecule has 0 bridgehead atoms. The van der Waals surface area contributed by atoms with Crippen molar-refractivity contribution in [1.29, 1.82) is 0 Å². The van der Waals surface area contributed by atoms with Gasteiger partial charge in [-0.2, -0.15) is 0 Å². The molecule has 0 atom stereocenters. The molecule has 2 aromatic carbocycles. The van der Waals surface area contributed by atoms with Crippen LogP contribution in [0.4, 0.5) is 0 Å². The lowest BCUT2D eigenvalue weighted by Gasteiger charge is -2.20. The first-order valence-electron chi connectivity index (χ1n) is 6.92.